The molecule has 0 bridgehead atoms. The number of nitrogens with zero attached hydrogens (tertiary/aromatic N) is 3. The molecule has 182 valence electrons. The summed E-state index contributed by atoms with van der Waals surface area (Å²) in [6.45, 7) is 3.49. The molecule has 0 spiro atoms. The molecule has 0 saturated heterocycles. The van der Waals surface area contributed by atoms with Crippen molar-refractivity contribution in [3.63, 3.8) is 0 Å². The van der Waals surface area contributed by atoms with Gasteiger partial charge in [-0.15, -0.1) is 0 Å². The highest BCUT2D eigenvalue weighted by atomic mass is 16.6. The Hall–Kier alpha value is -4.39. The average molecular weight is 482 g/mol. The maximum atomic E-state index is 13.7. The standard InChI is InChI=1S/C29H27N3O4/c1-21-10-11-24(19-27(21)32(34)35)29(33)31-18-6-17-30-16-5-9-26(30)28(31)23-12-14-25(15-13-23)36-20-22-7-3-2-4-8-22/h2-5,7-16,19,28H,6,17-18,20H2,1H3. The van der Waals surface area contributed by atoms with Gasteiger partial charge in [0.2, 0.25) is 0 Å². The number of nitro benzene ring substituents is 1. The molecule has 2 heterocycles. The van der Waals surface area contributed by atoms with Crippen molar-refractivity contribution >= 4 is 11.6 Å². The molecule has 0 N–H and O–H groups in total. The van der Waals surface area contributed by atoms with E-state index in [0.717, 1.165) is 35.5 Å². The van der Waals surface area contributed by atoms with Crippen LogP contribution in [0.1, 0.15) is 45.2 Å². The first-order chi connectivity index (χ1) is 17.5. The number of aryl methyl sites for hydroxylation is 2. The maximum absolute atomic E-state index is 13.7. The Balaban J connectivity index is 1.46. The minimum absolute atomic E-state index is 0.0458. The predicted octanol–water partition coefficient (Wildman–Crippen LogP) is 5.92. The summed E-state index contributed by atoms with van der Waals surface area (Å²) in [7, 11) is 0. The van der Waals surface area contributed by atoms with Gasteiger partial charge in [0, 0.05) is 42.2 Å². The van der Waals surface area contributed by atoms with E-state index >= 15 is 0 Å². The molecule has 0 saturated carbocycles. The molecule has 0 aliphatic carbocycles. The Morgan fingerprint density at radius 1 is 1.00 bits per heavy atom. The van der Waals surface area contributed by atoms with Gasteiger partial charge in [0.15, 0.2) is 0 Å². The Morgan fingerprint density at radius 3 is 2.53 bits per heavy atom. The number of ether oxygens (including phenoxy) is 1. The number of nitro groups is 1. The van der Waals surface area contributed by atoms with Crippen LogP contribution in [0, 0.1) is 17.0 Å². The van der Waals surface area contributed by atoms with Crippen molar-refractivity contribution in [3.8, 4) is 5.75 Å². The van der Waals surface area contributed by atoms with Crippen LogP contribution in [-0.2, 0) is 13.2 Å². The van der Waals surface area contributed by atoms with E-state index in [9.17, 15) is 14.9 Å². The highest BCUT2D eigenvalue weighted by molar-refractivity contribution is 5.95. The highest BCUT2D eigenvalue weighted by Gasteiger charge is 2.32. The third-order valence-corrected chi connectivity index (χ3v) is 6.61. The molecule has 7 heteroatoms. The molecule has 1 amide bonds. The van der Waals surface area contributed by atoms with Crippen molar-refractivity contribution < 1.29 is 14.5 Å². The van der Waals surface area contributed by atoms with E-state index in [1.807, 2.05) is 77.8 Å². The summed E-state index contributed by atoms with van der Waals surface area (Å²) in [6.07, 6.45) is 2.82. The lowest BCUT2D eigenvalue weighted by Gasteiger charge is -2.31. The quantitative estimate of drug-likeness (QED) is 0.253. The molecule has 36 heavy (non-hydrogen) atoms. The van der Waals surface area contributed by atoms with E-state index in [4.69, 9.17) is 4.74 Å². The van der Waals surface area contributed by atoms with E-state index in [1.165, 1.54) is 6.07 Å². The van der Waals surface area contributed by atoms with Crippen molar-refractivity contribution in [1.82, 2.24) is 9.47 Å². The number of aromatic nitrogens is 1. The zero-order chi connectivity index (χ0) is 25.1. The van der Waals surface area contributed by atoms with Gasteiger partial charge in [0.25, 0.3) is 11.6 Å². The fourth-order valence-corrected chi connectivity index (χ4v) is 4.74. The number of carbonyl (C=O) groups excluding carboxylic acids is 1. The van der Waals surface area contributed by atoms with Crippen LogP contribution in [0.25, 0.3) is 0 Å². The Labute approximate surface area is 209 Å². The third kappa shape index (κ3) is 4.73. The van der Waals surface area contributed by atoms with Gasteiger partial charge < -0.3 is 14.2 Å². The molecule has 1 aliphatic heterocycles. The monoisotopic (exact) mass is 481 g/mol. The summed E-state index contributed by atoms with van der Waals surface area (Å²) in [5.41, 5.74) is 3.87. The van der Waals surface area contributed by atoms with Crippen molar-refractivity contribution in [3.05, 3.63) is 129 Å². The summed E-state index contributed by atoms with van der Waals surface area (Å²) >= 11 is 0. The number of hydrogen-bond acceptors (Lipinski definition) is 4. The number of hydrogen-bond donors (Lipinski definition) is 0. The number of benzene rings is 3. The van der Waals surface area contributed by atoms with E-state index in [-0.39, 0.29) is 17.6 Å². The summed E-state index contributed by atoms with van der Waals surface area (Å²) < 4.78 is 8.13. The van der Waals surface area contributed by atoms with Crippen LogP contribution in [0.5, 0.6) is 5.75 Å². The first-order valence-electron chi connectivity index (χ1n) is 12.0. The second kappa shape index (κ2) is 10.1. The SMILES string of the molecule is Cc1ccc(C(=O)N2CCCn3cccc3C2c2ccc(OCc3ccccc3)cc2)cc1[N+](=O)[O-]. The number of carbonyl (C=O) groups is 1. The van der Waals surface area contributed by atoms with Crippen molar-refractivity contribution in [1.29, 1.82) is 0 Å². The summed E-state index contributed by atoms with van der Waals surface area (Å²) in [5, 5.41) is 11.5. The van der Waals surface area contributed by atoms with Crippen molar-refractivity contribution in [2.75, 3.05) is 6.54 Å². The number of amides is 1. The average Bonchev–Trinajstić information content (AvgIpc) is 3.28. The zero-order valence-electron chi connectivity index (χ0n) is 20.0. The summed E-state index contributed by atoms with van der Waals surface area (Å²) in [5.74, 6) is 0.529. The van der Waals surface area contributed by atoms with Crippen LogP contribution in [-0.4, -0.2) is 26.8 Å². The number of fused-ring (bicyclic) bond motifs is 1. The second-order valence-electron chi connectivity index (χ2n) is 8.98. The smallest absolute Gasteiger partial charge is 0.273 e. The van der Waals surface area contributed by atoms with E-state index in [1.54, 1.807) is 19.1 Å². The molecule has 7 nitrogen and oxygen atoms in total. The molecule has 1 aromatic heterocycles. The molecular weight excluding hydrogens is 454 g/mol. The summed E-state index contributed by atoms with van der Waals surface area (Å²) in [4.78, 5) is 26.6. The Morgan fingerprint density at radius 2 is 1.78 bits per heavy atom. The zero-order valence-corrected chi connectivity index (χ0v) is 20.0. The van der Waals surface area contributed by atoms with Gasteiger partial charge in [-0.2, -0.15) is 0 Å². The lowest BCUT2D eigenvalue weighted by Crippen LogP contribution is -2.35. The molecular formula is C29H27N3O4. The van der Waals surface area contributed by atoms with Crippen LogP contribution in [0.15, 0.2) is 91.1 Å². The van der Waals surface area contributed by atoms with E-state index in [2.05, 4.69) is 4.57 Å². The van der Waals surface area contributed by atoms with Crippen molar-refractivity contribution in [2.24, 2.45) is 0 Å². The van der Waals surface area contributed by atoms with Gasteiger partial charge in [-0.05, 0) is 54.8 Å². The lowest BCUT2D eigenvalue weighted by molar-refractivity contribution is -0.385. The van der Waals surface area contributed by atoms with Gasteiger partial charge in [-0.25, -0.2) is 0 Å². The first kappa shape index (κ1) is 23.4. The molecule has 0 radical (unpaired) electrons. The van der Waals surface area contributed by atoms with Crippen LogP contribution in [0.4, 0.5) is 5.69 Å². The van der Waals surface area contributed by atoms with E-state index < -0.39 is 4.92 Å². The maximum Gasteiger partial charge on any atom is 0.273 e. The van der Waals surface area contributed by atoms with Gasteiger partial charge in [0.05, 0.1) is 11.0 Å². The van der Waals surface area contributed by atoms with E-state index in [0.29, 0.717) is 24.3 Å². The largest absolute Gasteiger partial charge is 0.489 e. The molecule has 1 unspecified atom stereocenters. The molecule has 3 aromatic carbocycles. The minimum Gasteiger partial charge on any atom is -0.489 e. The highest BCUT2D eigenvalue weighted by Crippen LogP contribution is 2.34. The van der Waals surface area contributed by atoms with Crippen LogP contribution in [0.3, 0.4) is 0 Å². The lowest BCUT2D eigenvalue weighted by atomic mass is 10.00. The van der Waals surface area contributed by atoms with Crippen LogP contribution >= 0.6 is 0 Å². The normalized spacial score (nSPS) is 15.1. The fraction of sp³-hybridized carbons (Fsp3) is 0.207. The molecule has 1 aliphatic rings. The van der Waals surface area contributed by atoms with Gasteiger partial charge in [-0.1, -0.05) is 48.5 Å². The molecule has 5 rings (SSSR count). The van der Waals surface area contributed by atoms with Gasteiger partial charge in [0.1, 0.15) is 12.4 Å². The molecule has 0 fully saturated rings. The third-order valence-electron chi connectivity index (χ3n) is 6.61. The predicted molar refractivity (Wildman–Crippen MR) is 137 cm³/mol. The van der Waals surface area contributed by atoms with Gasteiger partial charge in [-0.3, -0.25) is 14.9 Å². The second-order valence-corrected chi connectivity index (χ2v) is 8.98. The summed E-state index contributed by atoms with van der Waals surface area (Å²) in [6, 6.07) is 26.2. The minimum atomic E-state index is -0.439. The number of rotatable bonds is 6. The molecule has 4 aromatic rings. The Bertz CT molecular complexity index is 1380. The molecule has 1 atom stereocenters. The van der Waals surface area contributed by atoms with Crippen LogP contribution < -0.4 is 4.74 Å². The topological polar surface area (TPSA) is 77.6 Å². The van der Waals surface area contributed by atoms with Gasteiger partial charge >= 0.3 is 0 Å². The van der Waals surface area contributed by atoms with Crippen LogP contribution in [0.2, 0.25) is 0 Å². The first-order valence-corrected chi connectivity index (χ1v) is 12.0. The van der Waals surface area contributed by atoms with Crippen molar-refractivity contribution in [2.45, 2.75) is 32.5 Å². The Kier molecular flexibility index (Phi) is 6.54. The fourth-order valence-electron chi connectivity index (χ4n) is 4.74.